The Labute approximate surface area is 108 Å². The highest BCUT2D eigenvalue weighted by molar-refractivity contribution is 9.10. The van der Waals surface area contributed by atoms with Gasteiger partial charge in [0.05, 0.1) is 19.0 Å². The summed E-state index contributed by atoms with van der Waals surface area (Å²) in [5.41, 5.74) is 0.835. The van der Waals surface area contributed by atoms with Crippen LogP contribution in [0.5, 0.6) is 11.5 Å². The van der Waals surface area contributed by atoms with Crippen LogP contribution in [-0.2, 0) is 13.2 Å². The lowest BCUT2D eigenvalue weighted by atomic mass is 10.2. The second kappa shape index (κ2) is 5.33. The topological polar surface area (TPSA) is 47.3 Å². The lowest BCUT2D eigenvalue weighted by molar-refractivity contribution is 0.281. The third-order valence-electron chi connectivity index (χ3n) is 2.36. The van der Waals surface area contributed by atoms with Crippen LogP contribution in [0.15, 0.2) is 35.1 Å². The van der Waals surface area contributed by atoms with Crippen molar-refractivity contribution in [2.75, 3.05) is 0 Å². The zero-order valence-corrected chi connectivity index (χ0v) is 11.0. The molecule has 0 aliphatic heterocycles. The number of aryl methyl sites for hydroxylation is 1. The minimum Gasteiger partial charge on any atom is -0.454 e. The zero-order chi connectivity index (χ0) is 12.3. The molecule has 0 saturated heterocycles. The van der Waals surface area contributed by atoms with E-state index in [1.165, 1.54) is 0 Å². The van der Waals surface area contributed by atoms with Crippen molar-refractivity contribution in [2.24, 2.45) is 0 Å². The standard InChI is InChI=1S/C12H13BrN2O2/c1-2-15-7-11(6-14-15)17-10-4-3-9(8-16)12(13)5-10/h3-7,16H,2,8H2,1H3. The van der Waals surface area contributed by atoms with E-state index in [2.05, 4.69) is 21.0 Å². The van der Waals surface area contributed by atoms with E-state index in [0.29, 0.717) is 11.5 Å². The second-order valence-electron chi connectivity index (χ2n) is 3.55. The maximum absolute atomic E-state index is 9.05. The predicted octanol–water partition coefficient (Wildman–Crippen LogP) is 2.95. The van der Waals surface area contributed by atoms with Gasteiger partial charge in [-0.1, -0.05) is 22.0 Å². The molecule has 2 aromatic rings. The molecular weight excluding hydrogens is 284 g/mol. The smallest absolute Gasteiger partial charge is 0.165 e. The van der Waals surface area contributed by atoms with Crippen LogP contribution in [-0.4, -0.2) is 14.9 Å². The van der Waals surface area contributed by atoms with Gasteiger partial charge in [-0.05, 0) is 24.6 Å². The molecule has 4 nitrogen and oxygen atoms in total. The summed E-state index contributed by atoms with van der Waals surface area (Å²) in [4.78, 5) is 0. The van der Waals surface area contributed by atoms with Crippen LogP contribution in [0.4, 0.5) is 0 Å². The van der Waals surface area contributed by atoms with E-state index in [1.54, 1.807) is 10.9 Å². The Morgan fingerprint density at radius 1 is 1.41 bits per heavy atom. The van der Waals surface area contributed by atoms with E-state index in [4.69, 9.17) is 9.84 Å². The van der Waals surface area contributed by atoms with E-state index in [0.717, 1.165) is 16.6 Å². The van der Waals surface area contributed by atoms with Gasteiger partial charge in [0.1, 0.15) is 5.75 Å². The average molecular weight is 297 g/mol. The van der Waals surface area contributed by atoms with Crippen molar-refractivity contribution >= 4 is 15.9 Å². The van der Waals surface area contributed by atoms with Gasteiger partial charge in [-0.2, -0.15) is 5.10 Å². The summed E-state index contributed by atoms with van der Waals surface area (Å²) in [7, 11) is 0. The third-order valence-corrected chi connectivity index (χ3v) is 3.10. The number of ether oxygens (including phenoxy) is 1. The molecule has 5 heteroatoms. The maximum Gasteiger partial charge on any atom is 0.165 e. The Hall–Kier alpha value is -1.33. The van der Waals surface area contributed by atoms with E-state index in [-0.39, 0.29) is 6.61 Å². The summed E-state index contributed by atoms with van der Waals surface area (Å²) in [5, 5.41) is 13.2. The maximum atomic E-state index is 9.05. The molecule has 0 bridgehead atoms. The molecule has 0 aliphatic carbocycles. The van der Waals surface area contributed by atoms with Crippen LogP contribution < -0.4 is 4.74 Å². The van der Waals surface area contributed by atoms with Crippen molar-refractivity contribution in [3.63, 3.8) is 0 Å². The lowest BCUT2D eigenvalue weighted by Gasteiger charge is -2.05. The number of nitrogens with zero attached hydrogens (tertiary/aromatic N) is 2. The lowest BCUT2D eigenvalue weighted by Crippen LogP contribution is -1.92. The average Bonchev–Trinajstić information content (AvgIpc) is 2.77. The van der Waals surface area contributed by atoms with E-state index in [9.17, 15) is 0 Å². The van der Waals surface area contributed by atoms with Crippen molar-refractivity contribution in [3.8, 4) is 11.5 Å². The van der Waals surface area contributed by atoms with Crippen molar-refractivity contribution in [2.45, 2.75) is 20.1 Å². The number of rotatable bonds is 4. The van der Waals surface area contributed by atoms with E-state index >= 15 is 0 Å². The van der Waals surface area contributed by atoms with Gasteiger partial charge >= 0.3 is 0 Å². The molecule has 1 aromatic carbocycles. The number of hydrogen-bond donors (Lipinski definition) is 1. The minimum atomic E-state index is 0.00856. The summed E-state index contributed by atoms with van der Waals surface area (Å²) in [6.07, 6.45) is 3.52. The molecule has 1 aromatic heterocycles. The molecule has 0 radical (unpaired) electrons. The number of benzene rings is 1. The molecule has 0 amide bonds. The summed E-state index contributed by atoms with van der Waals surface area (Å²) in [6.45, 7) is 2.84. The first-order chi connectivity index (χ1) is 8.22. The van der Waals surface area contributed by atoms with Gasteiger partial charge in [0.25, 0.3) is 0 Å². The van der Waals surface area contributed by atoms with Crippen molar-refractivity contribution < 1.29 is 9.84 Å². The Morgan fingerprint density at radius 3 is 2.82 bits per heavy atom. The van der Waals surface area contributed by atoms with Crippen molar-refractivity contribution in [1.82, 2.24) is 9.78 Å². The van der Waals surface area contributed by atoms with Gasteiger partial charge in [0, 0.05) is 11.0 Å². The largest absolute Gasteiger partial charge is 0.454 e. The molecule has 0 saturated carbocycles. The van der Waals surface area contributed by atoms with Gasteiger partial charge in [-0.3, -0.25) is 4.68 Å². The Kier molecular flexibility index (Phi) is 3.81. The van der Waals surface area contributed by atoms with E-state index in [1.807, 2.05) is 31.3 Å². The molecule has 90 valence electrons. The summed E-state index contributed by atoms with van der Waals surface area (Å²) >= 11 is 3.38. The van der Waals surface area contributed by atoms with Gasteiger partial charge in [0.2, 0.25) is 0 Å². The number of aliphatic hydroxyl groups is 1. The first-order valence-electron chi connectivity index (χ1n) is 5.32. The highest BCUT2D eigenvalue weighted by Crippen LogP contribution is 2.26. The highest BCUT2D eigenvalue weighted by atomic mass is 79.9. The van der Waals surface area contributed by atoms with Crippen LogP contribution in [0.3, 0.4) is 0 Å². The highest BCUT2D eigenvalue weighted by Gasteiger charge is 2.04. The molecule has 0 fully saturated rings. The first kappa shape index (κ1) is 12.1. The summed E-state index contributed by atoms with van der Waals surface area (Å²) in [6, 6.07) is 5.47. The predicted molar refractivity (Wildman–Crippen MR) is 68.0 cm³/mol. The quantitative estimate of drug-likeness (QED) is 0.944. The van der Waals surface area contributed by atoms with Crippen molar-refractivity contribution in [1.29, 1.82) is 0 Å². The number of halogens is 1. The molecule has 0 spiro atoms. The normalized spacial score (nSPS) is 10.5. The van der Waals surface area contributed by atoms with Gasteiger partial charge < -0.3 is 9.84 Å². The fraction of sp³-hybridized carbons (Fsp3) is 0.250. The second-order valence-corrected chi connectivity index (χ2v) is 4.40. The van der Waals surface area contributed by atoms with Gasteiger partial charge in [-0.15, -0.1) is 0 Å². The molecule has 1 N–H and O–H groups in total. The number of aromatic nitrogens is 2. The van der Waals surface area contributed by atoms with E-state index < -0.39 is 0 Å². The number of aliphatic hydroxyl groups excluding tert-OH is 1. The van der Waals surface area contributed by atoms with Crippen molar-refractivity contribution in [3.05, 3.63) is 40.6 Å². The monoisotopic (exact) mass is 296 g/mol. The van der Waals surface area contributed by atoms with Crippen LogP contribution in [0.1, 0.15) is 12.5 Å². The van der Waals surface area contributed by atoms with Crippen LogP contribution in [0, 0.1) is 0 Å². The third kappa shape index (κ3) is 2.87. The molecule has 0 aliphatic rings. The van der Waals surface area contributed by atoms with Crippen LogP contribution in [0.2, 0.25) is 0 Å². The first-order valence-corrected chi connectivity index (χ1v) is 6.12. The molecule has 17 heavy (non-hydrogen) atoms. The minimum absolute atomic E-state index is 0.00856. The fourth-order valence-corrected chi connectivity index (χ4v) is 1.91. The van der Waals surface area contributed by atoms with Crippen LogP contribution in [0.25, 0.3) is 0 Å². The fourth-order valence-electron chi connectivity index (χ4n) is 1.43. The summed E-state index contributed by atoms with van der Waals surface area (Å²) < 4.78 is 8.28. The summed E-state index contributed by atoms with van der Waals surface area (Å²) in [5.74, 6) is 1.42. The Balaban J connectivity index is 2.15. The molecular formula is C12H13BrN2O2. The zero-order valence-electron chi connectivity index (χ0n) is 9.43. The molecule has 1 heterocycles. The molecule has 2 rings (SSSR count). The molecule has 0 atom stereocenters. The van der Waals surface area contributed by atoms with Gasteiger partial charge in [-0.25, -0.2) is 0 Å². The molecule has 0 unspecified atom stereocenters. The van der Waals surface area contributed by atoms with Gasteiger partial charge in [0.15, 0.2) is 5.75 Å². The Bertz CT molecular complexity index is 511. The SMILES string of the molecule is CCn1cc(Oc2ccc(CO)c(Br)c2)cn1. The van der Waals surface area contributed by atoms with Crippen LogP contribution >= 0.6 is 15.9 Å². The number of hydrogen-bond acceptors (Lipinski definition) is 3. The Morgan fingerprint density at radius 2 is 2.24 bits per heavy atom.